The summed E-state index contributed by atoms with van der Waals surface area (Å²) in [5.74, 6) is 1.90. The predicted octanol–water partition coefficient (Wildman–Crippen LogP) is 1.68. The van der Waals surface area contributed by atoms with Gasteiger partial charge >= 0.3 is 0 Å². The van der Waals surface area contributed by atoms with Crippen molar-refractivity contribution in [1.82, 2.24) is 24.2 Å². The van der Waals surface area contributed by atoms with Crippen molar-refractivity contribution < 1.29 is 4.79 Å². The standard InChI is InChI=1S/C18H23N5O/c24-18(16-17-20-4-6-22(17)5-3-19-16)23-9-7-21(8-10-23)15-12-13-1-2-14(15)11-13/h3-6,13-15H,1-2,7-12H2/t13-,14+,15+/m0/s1. The van der Waals surface area contributed by atoms with Crippen LogP contribution in [0.1, 0.15) is 36.2 Å². The van der Waals surface area contributed by atoms with Gasteiger partial charge in [-0.3, -0.25) is 9.69 Å². The zero-order valence-corrected chi connectivity index (χ0v) is 13.8. The first kappa shape index (κ1) is 14.4. The van der Waals surface area contributed by atoms with Crippen LogP contribution in [0.25, 0.3) is 5.65 Å². The van der Waals surface area contributed by atoms with Crippen LogP contribution in [0.3, 0.4) is 0 Å². The summed E-state index contributed by atoms with van der Waals surface area (Å²) < 4.78 is 1.85. The van der Waals surface area contributed by atoms with E-state index in [4.69, 9.17) is 0 Å². The molecule has 2 aromatic rings. The molecular formula is C18H23N5O. The zero-order chi connectivity index (χ0) is 16.1. The monoisotopic (exact) mass is 325 g/mol. The summed E-state index contributed by atoms with van der Waals surface area (Å²) in [6.45, 7) is 3.60. The highest BCUT2D eigenvalue weighted by Crippen LogP contribution is 2.46. The van der Waals surface area contributed by atoms with Crippen LogP contribution in [0.5, 0.6) is 0 Å². The molecule has 2 aromatic heterocycles. The van der Waals surface area contributed by atoms with Gasteiger partial charge in [-0.05, 0) is 31.1 Å². The molecule has 1 saturated heterocycles. The maximum absolute atomic E-state index is 12.9. The normalized spacial score (nSPS) is 30.3. The van der Waals surface area contributed by atoms with Gasteiger partial charge in [-0.15, -0.1) is 0 Å². The summed E-state index contributed by atoms with van der Waals surface area (Å²) in [7, 11) is 0. The molecule has 6 heteroatoms. The summed E-state index contributed by atoms with van der Waals surface area (Å²) >= 11 is 0. The SMILES string of the molecule is O=C(c1nccn2ccnc12)N1CCN([C@@H]2C[C@H]3CC[C@@H]2C3)CC1. The lowest BCUT2D eigenvalue weighted by molar-refractivity contribution is 0.0492. The molecule has 2 bridgehead atoms. The van der Waals surface area contributed by atoms with E-state index in [2.05, 4.69) is 14.9 Å². The van der Waals surface area contributed by atoms with Crippen LogP contribution in [0, 0.1) is 11.8 Å². The molecule has 3 aliphatic rings. The van der Waals surface area contributed by atoms with Crippen LogP contribution in [-0.2, 0) is 0 Å². The Bertz CT molecular complexity index is 764. The predicted molar refractivity (Wildman–Crippen MR) is 89.7 cm³/mol. The van der Waals surface area contributed by atoms with E-state index in [-0.39, 0.29) is 5.91 Å². The van der Waals surface area contributed by atoms with Crippen molar-refractivity contribution >= 4 is 11.6 Å². The minimum atomic E-state index is 0.0133. The molecule has 5 rings (SSSR count). The number of rotatable bonds is 2. The molecule has 24 heavy (non-hydrogen) atoms. The van der Waals surface area contributed by atoms with Crippen LogP contribution in [0.2, 0.25) is 0 Å². The smallest absolute Gasteiger partial charge is 0.276 e. The maximum atomic E-state index is 12.9. The van der Waals surface area contributed by atoms with Crippen molar-refractivity contribution in [3.05, 3.63) is 30.5 Å². The van der Waals surface area contributed by atoms with Crippen LogP contribution in [-0.4, -0.2) is 62.3 Å². The van der Waals surface area contributed by atoms with Gasteiger partial charge in [-0.2, -0.15) is 0 Å². The van der Waals surface area contributed by atoms with Gasteiger partial charge in [0.15, 0.2) is 11.3 Å². The first-order valence-electron chi connectivity index (χ1n) is 9.10. The third-order valence-electron chi connectivity index (χ3n) is 6.29. The molecule has 3 atom stereocenters. The molecule has 1 amide bonds. The quantitative estimate of drug-likeness (QED) is 0.843. The number of aromatic nitrogens is 3. The van der Waals surface area contributed by atoms with E-state index in [0.717, 1.165) is 44.1 Å². The van der Waals surface area contributed by atoms with Gasteiger partial charge in [0.05, 0.1) is 0 Å². The number of amides is 1. The van der Waals surface area contributed by atoms with E-state index >= 15 is 0 Å². The van der Waals surface area contributed by atoms with E-state index in [0.29, 0.717) is 11.3 Å². The van der Waals surface area contributed by atoms with Gasteiger partial charge in [-0.25, -0.2) is 9.97 Å². The van der Waals surface area contributed by atoms with E-state index in [1.54, 1.807) is 12.4 Å². The number of imidazole rings is 1. The van der Waals surface area contributed by atoms with E-state index in [9.17, 15) is 4.79 Å². The Morgan fingerprint density at radius 1 is 1.00 bits per heavy atom. The van der Waals surface area contributed by atoms with E-state index in [1.165, 1.54) is 25.7 Å². The summed E-state index contributed by atoms with van der Waals surface area (Å²) in [5, 5.41) is 0. The molecule has 3 heterocycles. The highest BCUT2D eigenvalue weighted by Gasteiger charge is 2.43. The molecule has 6 nitrogen and oxygen atoms in total. The fourth-order valence-electron chi connectivity index (χ4n) is 5.07. The topological polar surface area (TPSA) is 53.7 Å². The highest BCUT2D eigenvalue weighted by atomic mass is 16.2. The lowest BCUT2D eigenvalue weighted by Gasteiger charge is -2.40. The van der Waals surface area contributed by atoms with Gasteiger partial charge in [0, 0.05) is 57.0 Å². The Morgan fingerprint density at radius 3 is 2.50 bits per heavy atom. The Kier molecular flexibility index (Phi) is 3.33. The fourth-order valence-corrected chi connectivity index (χ4v) is 5.07. The van der Waals surface area contributed by atoms with Gasteiger partial charge in [-0.1, -0.05) is 6.42 Å². The minimum absolute atomic E-state index is 0.0133. The van der Waals surface area contributed by atoms with Crippen molar-refractivity contribution in [2.75, 3.05) is 26.2 Å². The molecule has 2 aliphatic carbocycles. The van der Waals surface area contributed by atoms with Crippen LogP contribution in [0.4, 0.5) is 0 Å². The van der Waals surface area contributed by atoms with E-state index in [1.807, 2.05) is 21.7 Å². The maximum Gasteiger partial charge on any atom is 0.276 e. The fraction of sp³-hybridized carbons (Fsp3) is 0.611. The minimum Gasteiger partial charge on any atom is -0.335 e. The molecule has 0 spiro atoms. The van der Waals surface area contributed by atoms with Gasteiger partial charge < -0.3 is 9.30 Å². The van der Waals surface area contributed by atoms with E-state index < -0.39 is 0 Å². The highest BCUT2D eigenvalue weighted by molar-refractivity contribution is 5.97. The van der Waals surface area contributed by atoms with Crippen molar-refractivity contribution in [3.8, 4) is 0 Å². The number of carbonyl (C=O) groups excluding carboxylic acids is 1. The molecule has 0 N–H and O–H groups in total. The van der Waals surface area contributed by atoms with Crippen LogP contribution < -0.4 is 0 Å². The second kappa shape index (κ2) is 5.55. The second-order valence-electron chi connectivity index (χ2n) is 7.50. The summed E-state index contributed by atoms with van der Waals surface area (Å²) in [5.41, 5.74) is 1.12. The Hall–Kier alpha value is -1.95. The largest absolute Gasteiger partial charge is 0.335 e. The average Bonchev–Trinajstić information content (AvgIpc) is 3.36. The summed E-state index contributed by atoms with van der Waals surface area (Å²) in [4.78, 5) is 26.0. The number of hydrogen-bond acceptors (Lipinski definition) is 4. The van der Waals surface area contributed by atoms with Gasteiger partial charge in [0.2, 0.25) is 0 Å². The molecule has 126 valence electrons. The van der Waals surface area contributed by atoms with Crippen molar-refractivity contribution in [3.63, 3.8) is 0 Å². The first-order chi connectivity index (χ1) is 11.8. The summed E-state index contributed by atoms with van der Waals surface area (Å²) in [6, 6.07) is 0.773. The van der Waals surface area contributed by atoms with Crippen molar-refractivity contribution in [2.24, 2.45) is 11.8 Å². The third kappa shape index (κ3) is 2.24. The number of hydrogen-bond donors (Lipinski definition) is 0. The number of piperazine rings is 1. The van der Waals surface area contributed by atoms with Gasteiger partial charge in [0.25, 0.3) is 5.91 Å². The zero-order valence-electron chi connectivity index (χ0n) is 13.8. The number of carbonyl (C=O) groups is 1. The van der Waals surface area contributed by atoms with Crippen LogP contribution >= 0.6 is 0 Å². The van der Waals surface area contributed by atoms with Gasteiger partial charge in [0.1, 0.15) is 0 Å². The third-order valence-corrected chi connectivity index (χ3v) is 6.29. The molecule has 0 unspecified atom stereocenters. The second-order valence-corrected chi connectivity index (χ2v) is 7.50. The Morgan fingerprint density at radius 2 is 1.79 bits per heavy atom. The van der Waals surface area contributed by atoms with Crippen LogP contribution in [0.15, 0.2) is 24.8 Å². The molecule has 2 saturated carbocycles. The molecule has 3 fully saturated rings. The lowest BCUT2D eigenvalue weighted by atomic mass is 9.93. The lowest BCUT2D eigenvalue weighted by Crippen LogP contribution is -2.53. The number of fused-ring (bicyclic) bond motifs is 3. The summed E-state index contributed by atoms with van der Waals surface area (Å²) in [6.07, 6.45) is 12.7. The Balaban J connectivity index is 1.28. The number of nitrogens with zero attached hydrogens (tertiary/aromatic N) is 5. The first-order valence-corrected chi connectivity index (χ1v) is 9.10. The molecule has 0 aromatic carbocycles. The molecular weight excluding hydrogens is 302 g/mol. The molecule has 1 aliphatic heterocycles. The van der Waals surface area contributed by atoms with Crippen molar-refractivity contribution in [1.29, 1.82) is 0 Å². The average molecular weight is 325 g/mol. The molecule has 0 radical (unpaired) electrons. The Labute approximate surface area is 141 Å². The van der Waals surface area contributed by atoms with Crippen molar-refractivity contribution in [2.45, 2.75) is 31.7 Å².